The van der Waals surface area contributed by atoms with Gasteiger partial charge in [-0.1, -0.05) is 164 Å². The molecule has 0 aromatic heterocycles. The van der Waals surface area contributed by atoms with Gasteiger partial charge in [-0.15, -0.1) is 0 Å². The van der Waals surface area contributed by atoms with Gasteiger partial charge in [-0.05, 0) is 135 Å². The summed E-state index contributed by atoms with van der Waals surface area (Å²) < 4.78 is 11.1. The van der Waals surface area contributed by atoms with Crippen molar-refractivity contribution in [3.63, 3.8) is 0 Å². The Balaban J connectivity index is 0.546. The summed E-state index contributed by atoms with van der Waals surface area (Å²) in [5.41, 5.74) is 1.96. The molecule has 8 amide bonds. The number of hydrogen-bond donors (Lipinski definition) is 0. The van der Waals surface area contributed by atoms with Crippen LogP contribution in [-0.4, -0.2) is 82.1 Å². The molecule has 0 bridgehead atoms. The van der Waals surface area contributed by atoms with Crippen molar-refractivity contribution in [2.45, 2.75) is 169 Å². The number of nitrogens with zero attached hydrogens (tertiary/aromatic N) is 4. The molecule has 8 atom stereocenters. The van der Waals surface area contributed by atoms with Gasteiger partial charge < -0.3 is 9.47 Å². The summed E-state index contributed by atoms with van der Waals surface area (Å²) in [6, 6.07) is 19.4. The van der Waals surface area contributed by atoms with E-state index in [4.69, 9.17) is 55.9 Å². The smallest absolute Gasteiger partial charge is 0.311 e. The largest absolute Gasteiger partial charge is 0.427 e. The molecule has 4 aliphatic heterocycles. The molecule has 2 saturated heterocycles. The van der Waals surface area contributed by atoms with Crippen LogP contribution >= 0.6 is 46.4 Å². The Morgan fingerprint density at radius 2 is 0.592 bits per heavy atom. The third-order valence-electron chi connectivity index (χ3n) is 21.9. The van der Waals surface area contributed by atoms with Crippen molar-refractivity contribution < 1.29 is 57.4 Å². The maximum atomic E-state index is 14.4. The van der Waals surface area contributed by atoms with Crippen LogP contribution in [0.5, 0.6) is 11.5 Å². The van der Waals surface area contributed by atoms with Gasteiger partial charge in [0, 0.05) is 89.1 Å². The molecular formula is C78H80Cl4N4O12. The number of anilines is 2. The number of ether oxygens (including phenoxy) is 2. The molecule has 8 unspecified atom stereocenters. The first kappa shape index (κ1) is 69.0. The predicted octanol–water partition coefficient (Wildman–Crippen LogP) is 18.1. The summed E-state index contributed by atoms with van der Waals surface area (Å²) in [5.74, 6) is -2.89. The van der Waals surface area contributed by atoms with Crippen molar-refractivity contribution in [1.82, 2.24) is 9.80 Å². The fraction of sp³-hybridized carbons (Fsp3) is 0.462. The topological polar surface area (TPSA) is 202 Å². The first-order valence-electron chi connectivity index (χ1n) is 35.2. The van der Waals surface area contributed by atoms with Gasteiger partial charge in [0.1, 0.15) is 11.5 Å². The highest BCUT2D eigenvalue weighted by molar-refractivity contribution is 6.56. The fourth-order valence-electron chi connectivity index (χ4n) is 17.3. The number of hydrogen-bond acceptors (Lipinski definition) is 12. The molecule has 13 rings (SSSR count). The Labute approximate surface area is 589 Å². The van der Waals surface area contributed by atoms with E-state index in [1.54, 1.807) is 72.8 Å². The zero-order chi connectivity index (χ0) is 69.1. The quantitative estimate of drug-likeness (QED) is 0.0112. The number of unbranched alkanes of at least 4 members (excludes halogenated alkanes) is 16. The van der Waals surface area contributed by atoms with Crippen molar-refractivity contribution in [3.8, 4) is 11.5 Å². The number of amides is 8. The maximum absolute atomic E-state index is 14.4. The number of esters is 2. The zero-order valence-corrected chi connectivity index (χ0v) is 58.7. The van der Waals surface area contributed by atoms with E-state index in [0.717, 1.165) is 103 Å². The predicted molar refractivity (Wildman–Crippen MR) is 380 cm³/mol. The second-order valence-electron chi connectivity index (χ2n) is 28.5. The second-order valence-corrected chi connectivity index (χ2v) is 30.1. The lowest BCUT2D eigenvalue weighted by Gasteiger charge is -2.31. The molecule has 98 heavy (non-hydrogen) atoms. The number of benzene rings is 7. The van der Waals surface area contributed by atoms with Crippen LogP contribution < -0.4 is 19.3 Å². The molecule has 6 aliphatic rings. The molecule has 4 fully saturated rings. The molecular weight excluding hydrogens is 1330 g/mol. The van der Waals surface area contributed by atoms with E-state index in [9.17, 15) is 47.9 Å². The van der Waals surface area contributed by atoms with E-state index >= 15 is 0 Å². The summed E-state index contributed by atoms with van der Waals surface area (Å²) in [5, 5.41) is 4.05. The van der Waals surface area contributed by atoms with E-state index < -0.39 is 23.6 Å². The molecule has 2 aliphatic carbocycles. The molecule has 4 heterocycles. The minimum absolute atomic E-state index is 0.147. The lowest BCUT2D eigenvalue weighted by molar-refractivity contribution is -0.135. The molecule has 20 heteroatoms. The number of halogens is 4. The molecule has 16 nitrogen and oxygen atoms in total. The van der Waals surface area contributed by atoms with Crippen LogP contribution in [0.2, 0.25) is 20.1 Å². The highest BCUT2D eigenvalue weighted by atomic mass is 35.5. The molecule has 7 aromatic carbocycles. The highest BCUT2D eigenvalue weighted by Crippen LogP contribution is 2.55. The van der Waals surface area contributed by atoms with Crippen LogP contribution in [0.25, 0.3) is 43.1 Å². The Morgan fingerprint density at radius 3 is 0.857 bits per heavy atom. The second kappa shape index (κ2) is 28.6. The summed E-state index contributed by atoms with van der Waals surface area (Å²) in [6.07, 6.45) is 17.9. The number of fused-ring (bicyclic) bond motifs is 4. The third kappa shape index (κ3) is 12.5. The van der Waals surface area contributed by atoms with Crippen LogP contribution in [0.1, 0.15) is 210 Å². The third-order valence-corrected chi connectivity index (χ3v) is 23.1. The Bertz CT molecular complexity index is 3980. The number of carbonyl (C=O) groups is 10. The lowest BCUT2D eigenvalue weighted by atomic mass is 9.82. The molecule has 0 spiro atoms. The lowest BCUT2D eigenvalue weighted by Crippen LogP contribution is -2.41. The zero-order valence-electron chi connectivity index (χ0n) is 55.7. The van der Waals surface area contributed by atoms with Crippen molar-refractivity contribution in [1.29, 1.82) is 0 Å². The number of rotatable bonds is 28. The average molecular weight is 1410 g/mol. The van der Waals surface area contributed by atoms with Crippen molar-refractivity contribution in [2.24, 2.45) is 47.3 Å². The number of carbonyl (C=O) groups excluding carboxylic acids is 10. The average Bonchev–Trinajstić information content (AvgIpc) is 0.940. The first-order valence-corrected chi connectivity index (χ1v) is 36.8. The molecule has 7 aromatic rings. The van der Waals surface area contributed by atoms with Crippen LogP contribution in [0, 0.1) is 47.3 Å². The molecule has 0 N–H and O–H groups in total. The SMILES string of the molecule is CC1CC(C)C2C(=O)N(c3ccc(OC(=O)CCCCCCCCCCCN4C(=O)c5cc(Cl)c6c7c(Cl)cc8c9c(cc(Cl)c(c%10c(Cl)cc(c5c6%10)C4=O)c97)C(=O)N(CCCCCCCCCCCC(=O)Oc4ccc(N5C(=O)C6C(C)CC(C)C6C5=O)cc4)C8=O)cc3)C(=O)C12. The van der Waals surface area contributed by atoms with Gasteiger partial charge in [-0.3, -0.25) is 67.5 Å². The monoisotopic (exact) mass is 1400 g/mol. The van der Waals surface area contributed by atoms with Crippen LogP contribution in [-0.2, 0) is 28.8 Å². The van der Waals surface area contributed by atoms with Gasteiger partial charge in [0.05, 0.1) is 57.3 Å². The van der Waals surface area contributed by atoms with E-state index in [1.807, 2.05) is 27.7 Å². The summed E-state index contributed by atoms with van der Waals surface area (Å²) >= 11 is 29.0. The minimum Gasteiger partial charge on any atom is -0.427 e. The summed E-state index contributed by atoms with van der Waals surface area (Å²) in [7, 11) is 0. The van der Waals surface area contributed by atoms with E-state index in [1.165, 1.54) is 19.6 Å². The van der Waals surface area contributed by atoms with Crippen molar-refractivity contribution >= 4 is 160 Å². The van der Waals surface area contributed by atoms with Crippen LogP contribution in [0.15, 0.2) is 72.8 Å². The van der Waals surface area contributed by atoms with E-state index in [-0.39, 0.29) is 151 Å². The van der Waals surface area contributed by atoms with Gasteiger partial charge in [0.2, 0.25) is 23.6 Å². The van der Waals surface area contributed by atoms with Gasteiger partial charge in [-0.2, -0.15) is 0 Å². The van der Waals surface area contributed by atoms with E-state index in [0.29, 0.717) is 91.6 Å². The summed E-state index contributed by atoms with van der Waals surface area (Å²) in [4.78, 5) is 141. The van der Waals surface area contributed by atoms with Gasteiger partial charge in [0.25, 0.3) is 23.6 Å². The fourth-order valence-corrected chi connectivity index (χ4v) is 18.5. The Morgan fingerprint density at radius 1 is 0.347 bits per heavy atom. The van der Waals surface area contributed by atoms with Crippen LogP contribution in [0.3, 0.4) is 0 Å². The standard InChI is InChI=1S/C78H80Cl4N4O12/c1-41-35-42(2)60-59(41)75(93)85(76(60)94)45-25-29-47(30-26-45)97-57(87)23-19-15-11-7-5-9-13-17-21-33-83-71(89)49-37-53(79)65-67-55(81)39-51-64-52(40-56(82)68(70(64)67)66-54(80)38-50(72(83)90)63(49)69(65)66)74(92)84(73(51)91)34-22-18-14-10-6-8-12-16-20-24-58(88)98-48-31-27-46(28-32-48)86-77(95)61-43(3)36-44(4)62(61)78(86)96/h25-32,37-44,59-62H,5-24,33-36H2,1-4H3. The Kier molecular flexibility index (Phi) is 20.2. The van der Waals surface area contributed by atoms with Crippen LogP contribution in [0.4, 0.5) is 11.4 Å². The normalized spacial score (nSPS) is 22.0. The minimum atomic E-state index is -0.481. The van der Waals surface area contributed by atoms with Gasteiger partial charge in [0.15, 0.2) is 0 Å². The molecule has 512 valence electrons. The van der Waals surface area contributed by atoms with Gasteiger partial charge >= 0.3 is 11.9 Å². The molecule has 0 radical (unpaired) electrons. The number of imide groups is 4. The maximum Gasteiger partial charge on any atom is 0.311 e. The van der Waals surface area contributed by atoms with E-state index in [2.05, 4.69) is 0 Å². The highest BCUT2D eigenvalue weighted by Gasteiger charge is 2.58. The molecule has 2 saturated carbocycles. The summed E-state index contributed by atoms with van der Waals surface area (Å²) in [6.45, 7) is 8.53. The first-order chi connectivity index (χ1) is 47.2. The van der Waals surface area contributed by atoms with Gasteiger partial charge in [-0.25, -0.2) is 0 Å². The van der Waals surface area contributed by atoms with Crippen molar-refractivity contribution in [2.75, 3.05) is 22.9 Å². The Hall–Kier alpha value is -7.50. The van der Waals surface area contributed by atoms with Crippen molar-refractivity contribution in [3.05, 3.63) is 115 Å².